The number of hydrogen-bond donors (Lipinski definition) is 2. The standard InChI is InChI=1S/C9H9FO3/c10-5-8(9(12)13)6-1-3-7(11)4-2-6/h1-4,8,11H,5H2,(H,12,13)/t8-/m1/s1. The minimum atomic E-state index is -1.20. The summed E-state index contributed by atoms with van der Waals surface area (Å²) >= 11 is 0. The molecule has 0 aliphatic rings. The van der Waals surface area contributed by atoms with Crippen molar-refractivity contribution in [3.05, 3.63) is 29.8 Å². The van der Waals surface area contributed by atoms with Crippen molar-refractivity contribution in [3.8, 4) is 5.75 Å². The minimum Gasteiger partial charge on any atom is -0.508 e. The van der Waals surface area contributed by atoms with Crippen LogP contribution in [0.3, 0.4) is 0 Å². The highest BCUT2D eigenvalue weighted by molar-refractivity contribution is 5.76. The molecule has 1 rings (SSSR count). The minimum absolute atomic E-state index is 0.0340. The molecular formula is C9H9FO3. The number of alkyl halides is 1. The molecule has 1 aromatic carbocycles. The zero-order valence-electron chi connectivity index (χ0n) is 6.77. The van der Waals surface area contributed by atoms with Gasteiger partial charge >= 0.3 is 5.97 Å². The smallest absolute Gasteiger partial charge is 0.313 e. The number of carboxylic acids is 1. The van der Waals surface area contributed by atoms with Crippen LogP contribution in [0.25, 0.3) is 0 Å². The molecule has 0 unspecified atom stereocenters. The van der Waals surface area contributed by atoms with Crippen molar-refractivity contribution in [2.75, 3.05) is 6.67 Å². The summed E-state index contributed by atoms with van der Waals surface area (Å²) in [6.45, 7) is -0.944. The molecule has 1 aromatic rings. The lowest BCUT2D eigenvalue weighted by atomic mass is 10.0. The first-order valence-electron chi connectivity index (χ1n) is 3.73. The fourth-order valence-corrected chi connectivity index (χ4v) is 1.00. The summed E-state index contributed by atoms with van der Waals surface area (Å²) in [5.41, 5.74) is 0.354. The molecule has 2 N–H and O–H groups in total. The van der Waals surface area contributed by atoms with Gasteiger partial charge in [-0.15, -0.1) is 0 Å². The van der Waals surface area contributed by atoms with E-state index in [0.29, 0.717) is 5.56 Å². The van der Waals surface area contributed by atoms with Crippen LogP contribution in [0.1, 0.15) is 11.5 Å². The van der Waals surface area contributed by atoms with Gasteiger partial charge in [0.25, 0.3) is 0 Å². The SMILES string of the molecule is O=C(O)[C@H](CF)c1ccc(O)cc1. The number of phenols is 1. The first-order valence-corrected chi connectivity index (χ1v) is 3.73. The molecule has 0 bridgehead atoms. The van der Waals surface area contributed by atoms with E-state index in [2.05, 4.69) is 0 Å². The summed E-state index contributed by atoms with van der Waals surface area (Å²) in [7, 11) is 0. The first-order chi connectivity index (χ1) is 6.15. The van der Waals surface area contributed by atoms with E-state index in [1.165, 1.54) is 24.3 Å². The number of halogens is 1. The van der Waals surface area contributed by atoms with E-state index in [-0.39, 0.29) is 5.75 Å². The van der Waals surface area contributed by atoms with E-state index >= 15 is 0 Å². The topological polar surface area (TPSA) is 57.5 Å². The van der Waals surface area contributed by atoms with Crippen molar-refractivity contribution in [2.24, 2.45) is 0 Å². The number of carbonyl (C=O) groups is 1. The fourth-order valence-electron chi connectivity index (χ4n) is 1.00. The molecule has 0 radical (unpaired) electrons. The van der Waals surface area contributed by atoms with E-state index < -0.39 is 18.6 Å². The third kappa shape index (κ3) is 2.18. The zero-order chi connectivity index (χ0) is 9.84. The monoisotopic (exact) mass is 184 g/mol. The Hall–Kier alpha value is -1.58. The summed E-state index contributed by atoms with van der Waals surface area (Å²) in [6.07, 6.45) is 0. The Morgan fingerprint density at radius 1 is 1.38 bits per heavy atom. The Kier molecular flexibility index (Phi) is 2.84. The Balaban J connectivity index is 2.92. The van der Waals surface area contributed by atoms with Crippen molar-refractivity contribution in [1.82, 2.24) is 0 Å². The van der Waals surface area contributed by atoms with Crippen LogP contribution in [0.5, 0.6) is 5.75 Å². The van der Waals surface area contributed by atoms with Crippen LogP contribution in [0.4, 0.5) is 4.39 Å². The van der Waals surface area contributed by atoms with E-state index in [1.807, 2.05) is 0 Å². The van der Waals surface area contributed by atoms with Crippen molar-refractivity contribution in [2.45, 2.75) is 5.92 Å². The molecule has 0 fully saturated rings. The Labute approximate surface area is 74.4 Å². The predicted molar refractivity (Wildman–Crippen MR) is 44.5 cm³/mol. The Morgan fingerprint density at radius 3 is 2.31 bits per heavy atom. The highest BCUT2D eigenvalue weighted by atomic mass is 19.1. The quantitative estimate of drug-likeness (QED) is 0.748. The molecule has 70 valence electrons. The molecular weight excluding hydrogens is 175 g/mol. The van der Waals surface area contributed by atoms with Crippen LogP contribution >= 0.6 is 0 Å². The Bertz CT molecular complexity index is 294. The number of phenolic OH excluding ortho intramolecular Hbond substituents is 1. The van der Waals surface area contributed by atoms with E-state index in [1.54, 1.807) is 0 Å². The van der Waals surface area contributed by atoms with E-state index in [9.17, 15) is 9.18 Å². The van der Waals surface area contributed by atoms with Gasteiger partial charge in [-0.3, -0.25) is 4.79 Å². The summed E-state index contributed by atoms with van der Waals surface area (Å²) in [5.74, 6) is -2.31. The Morgan fingerprint density at radius 2 is 1.92 bits per heavy atom. The second-order valence-corrected chi connectivity index (χ2v) is 2.64. The average Bonchev–Trinajstić information content (AvgIpc) is 2.09. The van der Waals surface area contributed by atoms with Gasteiger partial charge in [0, 0.05) is 0 Å². The molecule has 0 aliphatic heterocycles. The summed E-state index contributed by atoms with van der Waals surface area (Å²) in [4.78, 5) is 10.5. The van der Waals surface area contributed by atoms with Gasteiger partial charge in [0.15, 0.2) is 0 Å². The number of rotatable bonds is 3. The van der Waals surface area contributed by atoms with Gasteiger partial charge in [-0.05, 0) is 17.7 Å². The molecule has 13 heavy (non-hydrogen) atoms. The summed E-state index contributed by atoms with van der Waals surface area (Å²) in [6, 6.07) is 5.46. The number of aromatic hydroxyl groups is 1. The first kappa shape index (κ1) is 9.51. The van der Waals surface area contributed by atoms with Crippen LogP contribution < -0.4 is 0 Å². The molecule has 0 saturated carbocycles. The highest BCUT2D eigenvalue weighted by Crippen LogP contribution is 2.19. The second kappa shape index (κ2) is 3.89. The maximum Gasteiger partial charge on any atom is 0.313 e. The summed E-state index contributed by atoms with van der Waals surface area (Å²) in [5, 5.41) is 17.5. The molecule has 0 aromatic heterocycles. The lowest BCUT2D eigenvalue weighted by molar-refractivity contribution is -0.139. The van der Waals surface area contributed by atoms with Crippen molar-refractivity contribution in [3.63, 3.8) is 0 Å². The van der Waals surface area contributed by atoms with E-state index in [0.717, 1.165) is 0 Å². The molecule has 0 heterocycles. The second-order valence-electron chi connectivity index (χ2n) is 2.64. The van der Waals surface area contributed by atoms with Crippen LogP contribution in [0.15, 0.2) is 24.3 Å². The van der Waals surface area contributed by atoms with Crippen LogP contribution in [-0.4, -0.2) is 22.9 Å². The number of aliphatic carboxylic acids is 1. The molecule has 3 nitrogen and oxygen atoms in total. The highest BCUT2D eigenvalue weighted by Gasteiger charge is 2.18. The maximum absolute atomic E-state index is 12.3. The van der Waals surface area contributed by atoms with Gasteiger partial charge in [-0.25, -0.2) is 4.39 Å². The fraction of sp³-hybridized carbons (Fsp3) is 0.222. The van der Waals surface area contributed by atoms with Gasteiger partial charge in [-0.1, -0.05) is 12.1 Å². The van der Waals surface area contributed by atoms with Gasteiger partial charge in [-0.2, -0.15) is 0 Å². The summed E-state index contributed by atoms with van der Waals surface area (Å²) < 4.78 is 12.3. The molecule has 1 atom stereocenters. The molecule has 0 spiro atoms. The van der Waals surface area contributed by atoms with Crippen molar-refractivity contribution < 1.29 is 19.4 Å². The molecule has 4 heteroatoms. The lowest BCUT2D eigenvalue weighted by Crippen LogP contribution is -2.13. The molecule has 0 saturated heterocycles. The predicted octanol–water partition coefficient (Wildman–Crippen LogP) is 1.53. The number of hydrogen-bond acceptors (Lipinski definition) is 2. The van der Waals surface area contributed by atoms with Gasteiger partial charge < -0.3 is 10.2 Å². The van der Waals surface area contributed by atoms with Crippen LogP contribution in [0, 0.1) is 0 Å². The average molecular weight is 184 g/mol. The van der Waals surface area contributed by atoms with Crippen LogP contribution in [-0.2, 0) is 4.79 Å². The number of carboxylic acid groups (broad SMARTS) is 1. The van der Waals surface area contributed by atoms with Crippen molar-refractivity contribution in [1.29, 1.82) is 0 Å². The third-order valence-electron chi connectivity index (χ3n) is 1.75. The van der Waals surface area contributed by atoms with Crippen molar-refractivity contribution >= 4 is 5.97 Å². The molecule has 0 amide bonds. The molecule has 0 aliphatic carbocycles. The lowest BCUT2D eigenvalue weighted by Gasteiger charge is -2.07. The van der Waals surface area contributed by atoms with Crippen LogP contribution in [0.2, 0.25) is 0 Å². The normalized spacial score (nSPS) is 12.4. The maximum atomic E-state index is 12.3. The van der Waals surface area contributed by atoms with E-state index in [4.69, 9.17) is 10.2 Å². The van der Waals surface area contributed by atoms with Gasteiger partial charge in [0.1, 0.15) is 18.3 Å². The van der Waals surface area contributed by atoms with Gasteiger partial charge in [0.2, 0.25) is 0 Å². The zero-order valence-corrected chi connectivity index (χ0v) is 6.77. The van der Waals surface area contributed by atoms with Gasteiger partial charge in [0.05, 0.1) is 0 Å². The third-order valence-corrected chi connectivity index (χ3v) is 1.75. The number of benzene rings is 1. The largest absolute Gasteiger partial charge is 0.508 e.